The van der Waals surface area contributed by atoms with Gasteiger partial charge in [0.2, 0.25) is 0 Å². The second kappa shape index (κ2) is 5.90. The van der Waals surface area contributed by atoms with E-state index in [4.69, 9.17) is 28.9 Å². The molecule has 1 unspecified atom stereocenters. The van der Waals surface area contributed by atoms with E-state index >= 15 is 0 Å². The molecule has 0 bridgehead atoms. The quantitative estimate of drug-likeness (QED) is 0.665. The number of para-hydroxylation sites is 2. The van der Waals surface area contributed by atoms with Gasteiger partial charge in [0.05, 0.1) is 32.9 Å². The van der Waals surface area contributed by atoms with Crippen LogP contribution in [0.5, 0.6) is 0 Å². The third kappa shape index (κ3) is 2.36. The number of nitrogens with zero attached hydrogens (tertiary/aromatic N) is 1. The number of rotatable bonds is 2. The number of carbonyl (C=O) groups excluding carboxylic acids is 2. The van der Waals surface area contributed by atoms with Gasteiger partial charge >= 0.3 is 0 Å². The molecule has 1 aliphatic carbocycles. The number of alkyl halides is 1. The fourth-order valence-electron chi connectivity index (χ4n) is 3.55. The summed E-state index contributed by atoms with van der Waals surface area (Å²) in [7, 11) is 0. The molecule has 4 nitrogen and oxygen atoms in total. The molecular formula is C19H14Cl2N2O2. The summed E-state index contributed by atoms with van der Waals surface area (Å²) in [5.74, 6) is -0.535. The highest BCUT2D eigenvalue weighted by atomic mass is 35.5. The number of nitrogens with two attached hydrogens (primary N) is 1. The minimum Gasteiger partial charge on any atom is -0.366 e. The molecule has 1 amide bonds. The predicted molar refractivity (Wildman–Crippen MR) is 99.0 cm³/mol. The first-order chi connectivity index (χ1) is 12.0. The number of benzene rings is 2. The lowest BCUT2D eigenvalue weighted by atomic mass is 9.94. The van der Waals surface area contributed by atoms with Crippen molar-refractivity contribution in [2.75, 3.05) is 0 Å². The molecule has 2 N–H and O–H groups in total. The molecule has 126 valence electrons. The van der Waals surface area contributed by atoms with Crippen molar-refractivity contribution in [3.63, 3.8) is 0 Å². The highest BCUT2D eigenvalue weighted by Gasteiger charge is 2.33. The van der Waals surface area contributed by atoms with Gasteiger partial charge in [-0.05, 0) is 24.6 Å². The monoisotopic (exact) mass is 372 g/mol. The van der Waals surface area contributed by atoms with Gasteiger partial charge in [-0.1, -0.05) is 35.9 Å². The largest absolute Gasteiger partial charge is 0.366 e. The van der Waals surface area contributed by atoms with E-state index in [1.807, 2.05) is 28.8 Å². The van der Waals surface area contributed by atoms with Gasteiger partial charge in [0.25, 0.3) is 5.91 Å². The molecular weight excluding hydrogens is 359 g/mol. The van der Waals surface area contributed by atoms with Crippen LogP contribution >= 0.6 is 23.2 Å². The Hall–Kier alpha value is -2.30. The van der Waals surface area contributed by atoms with E-state index in [0.717, 1.165) is 10.9 Å². The average molecular weight is 373 g/mol. The molecule has 2 aromatic carbocycles. The highest BCUT2D eigenvalue weighted by Crippen LogP contribution is 2.43. The number of ketones is 1. The molecule has 0 saturated heterocycles. The molecule has 0 fully saturated rings. The molecule has 6 heteroatoms. The van der Waals surface area contributed by atoms with E-state index in [-0.39, 0.29) is 16.7 Å². The molecule has 1 heterocycles. The summed E-state index contributed by atoms with van der Waals surface area (Å²) in [6, 6.07) is 12.5. The molecule has 1 aromatic heterocycles. The second-order valence-corrected chi connectivity index (χ2v) is 6.98. The minimum atomic E-state index is -0.586. The van der Waals surface area contributed by atoms with E-state index in [1.54, 1.807) is 18.2 Å². The summed E-state index contributed by atoms with van der Waals surface area (Å²) in [6.07, 6.45) is 0.945. The summed E-state index contributed by atoms with van der Waals surface area (Å²) in [4.78, 5) is 24.6. The van der Waals surface area contributed by atoms with Crippen LogP contribution in [0.25, 0.3) is 16.6 Å². The van der Waals surface area contributed by atoms with Crippen LogP contribution in [-0.4, -0.2) is 16.3 Å². The number of primary amides is 1. The topological polar surface area (TPSA) is 65.1 Å². The van der Waals surface area contributed by atoms with Gasteiger partial charge in [-0.3, -0.25) is 9.59 Å². The Morgan fingerprint density at radius 2 is 1.92 bits per heavy atom. The lowest BCUT2D eigenvalue weighted by Crippen LogP contribution is -2.18. The molecule has 0 saturated carbocycles. The Kier molecular flexibility index (Phi) is 3.82. The lowest BCUT2D eigenvalue weighted by Gasteiger charge is -2.22. The Morgan fingerprint density at radius 3 is 2.68 bits per heavy atom. The van der Waals surface area contributed by atoms with Crippen molar-refractivity contribution in [1.29, 1.82) is 0 Å². The van der Waals surface area contributed by atoms with Crippen LogP contribution in [0.2, 0.25) is 5.02 Å². The van der Waals surface area contributed by atoms with Crippen LogP contribution in [0.1, 0.15) is 44.6 Å². The predicted octanol–water partition coefficient (Wildman–Crippen LogP) is 4.64. The zero-order chi connectivity index (χ0) is 17.7. The molecule has 0 radical (unpaired) electrons. The lowest BCUT2D eigenvalue weighted by molar-refractivity contribution is 0.0971. The molecule has 0 spiro atoms. The van der Waals surface area contributed by atoms with Crippen molar-refractivity contribution in [2.45, 2.75) is 18.2 Å². The van der Waals surface area contributed by atoms with E-state index in [0.29, 0.717) is 34.8 Å². The summed E-state index contributed by atoms with van der Waals surface area (Å²) in [5.41, 5.74) is 8.38. The Morgan fingerprint density at radius 1 is 1.16 bits per heavy atom. The summed E-state index contributed by atoms with van der Waals surface area (Å²) >= 11 is 13.0. The number of aromatic nitrogens is 1. The Bertz CT molecular complexity index is 1040. The van der Waals surface area contributed by atoms with Crippen molar-refractivity contribution in [3.05, 3.63) is 64.3 Å². The number of halogens is 2. The minimum absolute atomic E-state index is 0.0505. The molecule has 1 atom stereocenters. The number of hydrogen-bond acceptors (Lipinski definition) is 2. The Balaban J connectivity index is 2.20. The molecule has 3 aromatic rings. The van der Waals surface area contributed by atoms with E-state index in [9.17, 15) is 9.59 Å². The normalized spacial score (nSPS) is 16.9. The van der Waals surface area contributed by atoms with Crippen LogP contribution in [0.4, 0.5) is 0 Å². The third-order valence-corrected chi connectivity index (χ3v) is 5.32. The maximum Gasteiger partial charge on any atom is 0.250 e. The maximum absolute atomic E-state index is 12.6. The van der Waals surface area contributed by atoms with Crippen LogP contribution < -0.4 is 5.73 Å². The second-order valence-electron chi connectivity index (χ2n) is 6.04. The summed E-state index contributed by atoms with van der Waals surface area (Å²) < 4.78 is 1.82. The third-order valence-electron chi connectivity index (χ3n) is 4.59. The van der Waals surface area contributed by atoms with Crippen LogP contribution in [0, 0.1) is 0 Å². The highest BCUT2D eigenvalue weighted by molar-refractivity contribution is 6.33. The van der Waals surface area contributed by atoms with Gasteiger partial charge in [-0.2, -0.15) is 0 Å². The van der Waals surface area contributed by atoms with Gasteiger partial charge < -0.3 is 10.3 Å². The average Bonchev–Trinajstić information content (AvgIpc) is 2.94. The van der Waals surface area contributed by atoms with E-state index < -0.39 is 5.91 Å². The first kappa shape index (κ1) is 16.2. The van der Waals surface area contributed by atoms with Crippen molar-refractivity contribution in [3.8, 4) is 5.69 Å². The zero-order valence-corrected chi connectivity index (χ0v) is 14.6. The van der Waals surface area contributed by atoms with Crippen molar-refractivity contribution < 1.29 is 9.59 Å². The fourth-order valence-corrected chi connectivity index (χ4v) is 4.13. The Labute approximate surface area is 154 Å². The number of Topliss-reactive ketones (excluding diaryl/α,β-unsaturated/α-hetero) is 1. The van der Waals surface area contributed by atoms with Gasteiger partial charge in [0.1, 0.15) is 0 Å². The van der Waals surface area contributed by atoms with Crippen molar-refractivity contribution in [1.82, 2.24) is 4.57 Å². The summed E-state index contributed by atoms with van der Waals surface area (Å²) in [5, 5.41) is 0.835. The SMILES string of the molecule is NC(=O)c1cccc(Cl)c1-n1c2c(c3ccccc31)C(=O)CCC2Cl. The fraction of sp³-hybridized carbons (Fsp3) is 0.158. The van der Waals surface area contributed by atoms with E-state index in [2.05, 4.69) is 0 Å². The van der Waals surface area contributed by atoms with Crippen LogP contribution in [0.3, 0.4) is 0 Å². The molecule has 0 aliphatic heterocycles. The molecule has 4 rings (SSSR count). The molecule has 1 aliphatic rings. The smallest absolute Gasteiger partial charge is 0.250 e. The van der Waals surface area contributed by atoms with Gasteiger partial charge in [-0.15, -0.1) is 11.6 Å². The van der Waals surface area contributed by atoms with Gasteiger partial charge in [-0.25, -0.2) is 0 Å². The standard InChI is InChI=1S/C19H14Cl2N2O2/c20-12-6-3-5-11(19(22)25)17(12)23-14-7-2-1-4-10(14)16-15(24)9-8-13(21)18(16)23/h1-7,13H,8-9H2,(H2,22,25). The van der Waals surface area contributed by atoms with Crippen molar-refractivity contribution in [2.24, 2.45) is 5.73 Å². The zero-order valence-electron chi connectivity index (χ0n) is 13.1. The summed E-state index contributed by atoms with van der Waals surface area (Å²) in [6.45, 7) is 0. The number of fused-ring (bicyclic) bond motifs is 3. The van der Waals surface area contributed by atoms with Gasteiger partial charge in [0, 0.05) is 17.4 Å². The van der Waals surface area contributed by atoms with Crippen molar-refractivity contribution >= 4 is 45.8 Å². The first-order valence-electron chi connectivity index (χ1n) is 7.90. The number of hydrogen-bond donors (Lipinski definition) is 1. The van der Waals surface area contributed by atoms with Crippen LogP contribution in [0.15, 0.2) is 42.5 Å². The number of amides is 1. The maximum atomic E-state index is 12.6. The van der Waals surface area contributed by atoms with Crippen LogP contribution in [-0.2, 0) is 0 Å². The number of carbonyl (C=O) groups is 2. The first-order valence-corrected chi connectivity index (χ1v) is 8.71. The molecule has 25 heavy (non-hydrogen) atoms. The van der Waals surface area contributed by atoms with E-state index in [1.165, 1.54) is 0 Å². The van der Waals surface area contributed by atoms with Gasteiger partial charge in [0.15, 0.2) is 5.78 Å².